The first-order valence-electron chi connectivity index (χ1n) is 16.6. The Morgan fingerprint density at radius 3 is 1.88 bits per heavy atom. The van der Waals surface area contributed by atoms with Crippen molar-refractivity contribution in [1.29, 1.82) is 0 Å². The van der Waals surface area contributed by atoms with E-state index < -0.39 is 0 Å². The fourth-order valence-electron chi connectivity index (χ4n) is 7.36. The second-order valence-electron chi connectivity index (χ2n) is 12.5. The Hall–Kier alpha value is -6.58. The Bertz CT molecular complexity index is 2890. The molecule has 10 rings (SSSR count). The van der Waals surface area contributed by atoms with Gasteiger partial charge in [0.25, 0.3) is 0 Å². The maximum Gasteiger partial charge on any atom is 0.136 e. The van der Waals surface area contributed by atoms with Gasteiger partial charge in [-0.3, -0.25) is 0 Å². The monoisotopic (exact) mass is 624 g/mol. The number of hydrogen-bond acceptors (Lipinski definition) is 3. The molecule has 3 heteroatoms. The zero-order valence-electron chi connectivity index (χ0n) is 26.5. The largest absolute Gasteiger partial charge is 0.456 e. The van der Waals surface area contributed by atoms with E-state index in [0.717, 1.165) is 88.3 Å². The van der Waals surface area contributed by atoms with Crippen LogP contribution >= 0.6 is 0 Å². The average Bonchev–Trinajstić information content (AvgIpc) is 3.55. The van der Waals surface area contributed by atoms with Crippen LogP contribution in [-0.2, 0) is 0 Å². The average molecular weight is 625 g/mol. The quantitative estimate of drug-likeness (QED) is 0.183. The summed E-state index contributed by atoms with van der Waals surface area (Å²) in [5.41, 5.74) is 12.3. The van der Waals surface area contributed by atoms with Crippen molar-refractivity contribution < 1.29 is 4.42 Å². The van der Waals surface area contributed by atoms with Gasteiger partial charge in [0.05, 0.1) is 22.4 Å². The zero-order chi connectivity index (χ0) is 32.3. The van der Waals surface area contributed by atoms with Gasteiger partial charge in [0.1, 0.15) is 11.2 Å². The standard InChI is InChI=1S/C46H28N2O/c1-2-13-30(14-3-1)43-44-35-19-5-8-22-40(35)48-46(37(44)28-42-45(43)36-20-6-9-23-41(36)49-42)34-18-11-16-32(27-34)31-15-10-17-33(26-31)39-25-24-29-12-4-7-21-38(29)47-39/h1-28H. The van der Waals surface area contributed by atoms with Crippen molar-refractivity contribution in [2.75, 3.05) is 0 Å². The summed E-state index contributed by atoms with van der Waals surface area (Å²) in [4.78, 5) is 10.3. The molecule has 0 saturated carbocycles. The Kier molecular flexibility index (Phi) is 6.18. The van der Waals surface area contributed by atoms with Gasteiger partial charge in [-0.2, -0.15) is 0 Å². The number of aromatic nitrogens is 2. The molecule has 0 spiro atoms. The van der Waals surface area contributed by atoms with Gasteiger partial charge >= 0.3 is 0 Å². The molecule has 228 valence electrons. The van der Waals surface area contributed by atoms with E-state index in [1.807, 2.05) is 18.2 Å². The fourth-order valence-corrected chi connectivity index (χ4v) is 7.36. The summed E-state index contributed by atoms with van der Waals surface area (Å²) in [6, 6.07) is 59.6. The lowest BCUT2D eigenvalue weighted by atomic mass is 9.89. The Labute approximate surface area is 282 Å². The molecule has 0 bridgehead atoms. The van der Waals surface area contributed by atoms with Crippen LogP contribution in [0.15, 0.2) is 174 Å². The molecule has 0 N–H and O–H groups in total. The minimum Gasteiger partial charge on any atom is -0.456 e. The van der Waals surface area contributed by atoms with Crippen LogP contribution in [-0.4, -0.2) is 9.97 Å². The van der Waals surface area contributed by atoms with Gasteiger partial charge in [0, 0.05) is 49.0 Å². The third-order valence-electron chi connectivity index (χ3n) is 9.62. The number of pyridine rings is 2. The number of para-hydroxylation sites is 3. The van der Waals surface area contributed by atoms with Crippen molar-refractivity contribution in [3.63, 3.8) is 0 Å². The predicted molar refractivity (Wildman–Crippen MR) is 204 cm³/mol. The molecule has 7 aromatic carbocycles. The highest BCUT2D eigenvalue weighted by Gasteiger charge is 2.21. The highest BCUT2D eigenvalue weighted by atomic mass is 16.3. The van der Waals surface area contributed by atoms with Crippen LogP contribution in [0.25, 0.3) is 99.3 Å². The van der Waals surface area contributed by atoms with Gasteiger partial charge in [-0.1, -0.05) is 127 Å². The van der Waals surface area contributed by atoms with Gasteiger partial charge in [-0.25, -0.2) is 9.97 Å². The second-order valence-corrected chi connectivity index (χ2v) is 12.5. The van der Waals surface area contributed by atoms with E-state index in [2.05, 4.69) is 152 Å². The molecule has 3 aromatic heterocycles. The van der Waals surface area contributed by atoms with Gasteiger partial charge in [-0.15, -0.1) is 0 Å². The Balaban J connectivity index is 1.21. The van der Waals surface area contributed by atoms with E-state index in [1.54, 1.807) is 0 Å². The van der Waals surface area contributed by atoms with Crippen molar-refractivity contribution in [1.82, 2.24) is 9.97 Å². The third-order valence-corrected chi connectivity index (χ3v) is 9.62. The van der Waals surface area contributed by atoms with Crippen LogP contribution in [0.3, 0.4) is 0 Å². The van der Waals surface area contributed by atoms with Crippen molar-refractivity contribution in [3.8, 4) is 44.8 Å². The Morgan fingerprint density at radius 2 is 1.02 bits per heavy atom. The first-order chi connectivity index (χ1) is 24.3. The molecule has 0 fully saturated rings. The molecule has 0 radical (unpaired) electrons. The summed E-state index contributed by atoms with van der Waals surface area (Å²) in [5, 5.41) is 6.75. The molecule has 3 heterocycles. The minimum absolute atomic E-state index is 0.859. The van der Waals surface area contributed by atoms with E-state index in [4.69, 9.17) is 14.4 Å². The van der Waals surface area contributed by atoms with E-state index in [1.165, 1.54) is 10.9 Å². The lowest BCUT2D eigenvalue weighted by Crippen LogP contribution is -1.93. The molecule has 10 aromatic rings. The highest BCUT2D eigenvalue weighted by Crippen LogP contribution is 2.46. The van der Waals surface area contributed by atoms with Crippen LogP contribution in [0.2, 0.25) is 0 Å². The summed E-state index contributed by atoms with van der Waals surface area (Å²) >= 11 is 0. The van der Waals surface area contributed by atoms with Crippen LogP contribution in [0.5, 0.6) is 0 Å². The molecule has 0 aliphatic heterocycles. The molecule has 3 nitrogen and oxygen atoms in total. The fraction of sp³-hybridized carbons (Fsp3) is 0. The first kappa shape index (κ1) is 27.5. The van der Waals surface area contributed by atoms with Crippen LogP contribution in [0, 0.1) is 0 Å². The van der Waals surface area contributed by atoms with Crippen molar-refractivity contribution in [2.45, 2.75) is 0 Å². The lowest BCUT2D eigenvalue weighted by molar-refractivity contribution is 0.669. The van der Waals surface area contributed by atoms with Gasteiger partial charge in [0.15, 0.2) is 0 Å². The second kappa shape index (κ2) is 11.0. The van der Waals surface area contributed by atoms with Crippen molar-refractivity contribution in [3.05, 3.63) is 170 Å². The zero-order valence-corrected chi connectivity index (χ0v) is 26.5. The summed E-state index contributed by atoms with van der Waals surface area (Å²) < 4.78 is 6.57. The van der Waals surface area contributed by atoms with Crippen molar-refractivity contribution >= 4 is 54.5 Å². The van der Waals surface area contributed by atoms with Crippen LogP contribution in [0.1, 0.15) is 0 Å². The molecule has 49 heavy (non-hydrogen) atoms. The SMILES string of the molecule is c1ccc(-c2c3c(cc4c(-c5cccc(-c6cccc(-c7ccc8ccccc8n7)c6)c5)nc5ccccc5c24)oc2ccccc23)cc1. The van der Waals surface area contributed by atoms with E-state index in [0.29, 0.717) is 0 Å². The molecule has 0 unspecified atom stereocenters. The van der Waals surface area contributed by atoms with E-state index in [-0.39, 0.29) is 0 Å². The van der Waals surface area contributed by atoms with Crippen molar-refractivity contribution in [2.24, 2.45) is 0 Å². The van der Waals surface area contributed by atoms with Gasteiger partial charge in [0.2, 0.25) is 0 Å². The number of rotatable bonds is 4. The number of benzene rings is 7. The lowest BCUT2D eigenvalue weighted by Gasteiger charge is -2.16. The molecule has 0 saturated heterocycles. The highest BCUT2D eigenvalue weighted by molar-refractivity contribution is 6.27. The molecule has 0 amide bonds. The number of furan rings is 1. The van der Waals surface area contributed by atoms with Crippen LogP contribution in [0.4, 0.5) is 0 Å². The van der Waals surface area contributed by atoms with E-state index >= 15 is 0 Å². The topological polar surface area (TPSA) is 38.9 Å². The summed E-state index contributed by atoms with van der Waals surface area (Å²) in [6.45, 7) is 0. The molecule has 0 aliphatic carbocycles. The van der Waals surface area contributed by atoms with Gasteiger partial charge in [-0.05, 0) is 59.2 Å². The first-order valence-corrected chi connectivity index (χ1v) is 16.6. The maximum atomic E-state index is 6.57. The summed E-state index contributed by atoms with van der Waals surface area (Å²) in [6.07, 6.45) is 0. The molecular formula is C46H28N2O. The Morgan fingerprint density at radius 1 is 0.367 bits per heavy atom. The minimum atomic E-state index is 0.859. The third kappa shape index (κ3) is 4.51. The molecule has 0 atom stereocenters. The van der Waals surface area contributed by atoms with Crippen LogP contribution < -0.4 is 0 Å². The summed E-state index contributed by atoms with van der Waals surface area (Å²) in [5.74, 6) is 0. The van der Waals surface area contributed by atoms with E-state index in [9.17, 15) is 0 Å². The van der Waals surface area contributed by atoms with Gasteiger partial charge < -0.3 is 4.42 Å². The number of nitrogens with zero attached hydrogens (tertiary/aromatic N) is 2. The summed E-state index contributed by atoms with van der Waals surface area (Å²) in [7, 11) is 0. The molecule has 0 aliphatic rings. The maximum absolute atomic E-state index is 6.57. The number of fused-ring (bicyclic) bond motifs is 7. The predicted octanol–water partition coefficient (Wildman–Crippen LogP) is 12.5. The number of hydrogen-bond donors (Lipinski definition) is 0. The normalized spacial score (nSPS) is 11.7. The smallest absolute Gasteiger partial charge is 0.136 e. The molecular weight excluding hydrogens is 597 g/mol.